The largest absolute Gasteiger partial charge is 0.465 e. The Morgan fingerprint density at radius 3 is 2.43 bits per heavy atom. The highest BCUT2D eigenvalue weighted by molar-refractivity contribution is 6.34. The van der Waals surface area contributed by atoms with Crippen LogP contribution in [0, 0.1) is 6.92 Å². The maximum atomic E-state index is 12.9. The molecule has 1 aromatic heterocycles. The first-order valence-corrected chi connectivity index (χ1v) is 9.45. The van der Waals surface area contributed by atoms with Crippen LogP contribution in [0.5, 0.6) is 0 Å². The van der Waals surface area contributed by atoms with Crippen molar-refractivity contribution in [1.82, 2.24) is 4.98 Å². The molecular weight excluding hydrogens is 382 g/mol. The molecule has 0 saturated heterocycles. The van der Waals surface area contributed by atoms with E-state index < -0.39 is 11.9 Å². The molecule has 0 bridgehead atoms. The Morgan fingerprint density at radius 2 is 1.82 bits per heavy atom. The van der Waals surface area contributed by atoms with Crippen molar-refractivity contribution in [3.05, 3.63) is 51.8 Å². The Kier molecular flexibility index (Phi) is 7.96. The van der Waals surface area contributed by atoms with Crippen LogP contribution in [0.25, 0.3) is 11.1 Å². The van der Waals surface area contributed by atoms with Gasteiger partial charge in [-0.05, 0) is 26.3 Å². The Balaban J connectivity index is 2.86. The molecule has 0 radical (unpaired) electrons. The van der Waals surface area contributed by atoms with Crippen molar-refractivity contribution in [3.63, 3.8) is 0 Å². The van der Waals surface area contributed by atoms with Gasteiger partial charge in [-0.15, -0.1) is 0 Å². The fourth-order valence-corrected chi connectivity index (χ4v) is 3.12. The van der Waals surface area contributed by atoms with Crippen LogP contribution in [0.2, 0.25) is 5.02 Å². The number of halogens is 1. The van der Waals surface area contributed by atoms with Gasteiger partial charge in [-0.3, -0.25) is 4.98 Å². The van der Waals surface area contributed by atoms with Crippen LogP contribution < -0.4 is 0 Å². The van der Waals surface area contributed by atoms with Gasteiger partial charge in [-0.25, -0.2) is 9.59 Å². The molecule has 0 amide bonds. The molecule has 0 aliphatic carbocycles. The average molecular weight is 406 g/mol. The van der Waals surface area contributed by atoms with E-state index in [9.17, 15) is 9.59 Å². The Labute approximate surface area is 169 Å². The third-order valence-corrected chi connectivity index (χ3v) is 4.38. The number of benzene rings is 1. The van der Waals surface area contributed by atoms with Crippen molar-refractivity contribution in [2.75, 3.05) is 20.3 Å². The van der Waals surface area contributed by atoms with Crippen molar-refractivity contribution in [1.29, 1.82) is 0 Å². The number of hydrogen-bond donors (Lipinski definition) is 0. The lowest BCUT2D eigenvalue weighted by molar-refractivity contribution is 0.0518. The maximum absolute atomic E-state index is 12.9. The highest BCUT2D eigenvalue weighted by Gasteiger charge is 2.29. The van der Waals surface area contributed by atoms with Crippen molar-refractivity contribution in [2.24, 2.45) is 0 Å². The van der Waals surface area contributed by atoms with Crippen LogP contribution in [0.1, 0.15) is 52.4 Å². The summed E-state index contributed by atoms with van der Waals surface area (Å²) in [7, 11) is 1.28. The van der Waals surface area contributed by atoms with Crippen molar-refractivity contribution < 1.29 is 23.8 Å². The number of carbonyl (C=O) groups excluding carboxylic acids is 2. The fraction of sp³-hybridized carbons (Fsp3) is 0.381. The van der Waals surface area contributed by atoms with Gasteiger partial charge in [-0.2, -0.15) is 0 Å². The SMILES string of the molecule is CCCOCc1nc(C)c(C(=O)OC)c(-c2ccccc2Cl)c1C(=O)OCC. The molecule has 2 aromatic rings. The number of esters is 2. The number of methoxy groups -OCH3 is 1. The second-order valence-electron chi connectivity index (χ2n) is 6.01. The minimum absolute atomic E-state index is 0.113. The molecule has 0 saturated carbocycles. The lowest BCUT2D eigenvalue weighted by atomic mass is 9.92. The number of ether oxygens (including phenoxy) is 3. The highest BCUT2D eigenvalue weighted by atomic mass is 35.5. The lowest BCUT2D eigenvalue weighted by Gasteiger charge is -2.19. The molecule has 0 aliphatic rings. The summed E-state index contributed by atoms with van der Waals surface area (Å²) >= 11 is 6.41. The first-order chi connectivity index (χ1) is 13.5. The number of aromatic nitrogens is 1. The van der Waals surface area contributed by atoms with Crippen LogP contribution >= 0.6 is 11.6 Å². The Hall–Kier alpha value is -2.44. The summed E-state index contributed by atoms with van der Waals surface area (Å²) in [6, 6.07) is 6.98. The van der Waals surface area contributed by atoms with Gasteiger partial charge < -0.3 is 14.2 Å². The van der Waals surface area contributed by atoms with E-state index in [-0.39, 0.29) is 24.3 Å². The molecule has 28 heavy (non-hydrogen) atoms. The van der Waals surface area contributed by atoms with Gasteiger partial charge in [0.05, 0.1) is 42.8 Å². The average Bonchev–Trinajstić information content (AvgIpc) is 2.67. The Morgan fingerprint density at radius 1 is 1.11 bits per heavy atom. The molecule has 0 atom stereocenters. The van der Waals surface area contributed by atoms with Crippen molar-refractivity contribution >= 4 is 23.5 Å². The van der Waals surface area contributed by atoms with E-state index in [0.29, 0.717) is 34.1 Å². The molecule has 7 heteroatoms. The molecule has 2 rings (SSSR count). The first kappa shape index (κ1) is 21.9. The summed E-state index contributed by atoms with van der Waals surface area (Å²) in [6.45, 7) is 6.19. The van der Waals surface area contributed by atoms with Crippen LogP contribution in [0.15, 0.2) is 24.3 Å². The molecule has 0 spiro atoms. The molecule has 150 valence electrons. The van der Waals surface area contributed by atoms with Gasteiger partial charge in [0.25, 0.3) is 0 Å². The molecule has 1 heterocycles. The third kappa shape index (κ3) is 4.69. The maximum Gasteiger partial charge on any atom is 0.340 e. The fourth-order valence-electron chi connectivity index (χ4n) is 2.89. The number of pyridine rings is 1. The second kappa shape index (κ2) is 10.2. The normalized spacial score (nSPS) is 10.6. The van der Waals surface area contributed by atoms with Gasteiger partial charge in [-0.1, -0.05) is 36.7 Å². The van der Waals surface area contributed by atoms with Crippen LogP contribution in [-0.2, 0) is 20.8 Å². The van der Waals surface area contributed by atoms with E-state index in [1.165, 1.54) is 7.11 Å². The van der Waals surface area contributed by atoms with E-state index in [0.717, 1.165) is 6.42 Å². The molecule has 6 nitrogen and oxygen atoms in total. The monoisotopic (exact) mass is 405 g/mol. The predicted octanol–water partition coefficient (Wildman–Crippen LogP) is 4.60. The van der Waals surface area contributed by atoms with Gasteiger partial charge in [0, 0.05) is 22.8 Å². The summed E-state index contributed by atoms with van der Waals surface area (Å²) < 4.78 is 15.8. The summed E-state index contributed by atoms with van der Waals surface area (Å²) in [5.41, 5.74) is 2.03. The summed E-state index contributed by atoms with van der Waals surface area (Å²) in [6.07, 6.45) is 0.825. The summed E-state index contributed by atoms with van der Waals surface area (Å²) in [4.78, 5) is 29.9. The quantitative estimate of drug-likeness (QED) is 0.472. The number of aryl methyl sites for hydroxylation is 1. The summed E-state index contributed by atoms with van der Waals surface area (Å²) in [5, 5.41) is 0.393. The number of hydrogen-bond acceptors (Lipinski definition) is 6. The number of rotatable bonds is 8. The number of carbonyl (C=O) groups is 2. The molecule has 0 fully saturated rings. The van der Waals surface area contributed by atoms with Crippen LogP contribution in [0.3, 0.4) is 0 Å². The van der Waals surface area contributed by atoms with Gasteiger partial charge in [0.2, 0.25) is 0 Å². The number of nitrogens with zero attached hydrogens (tertiary/aromatic N) is 1. The zero-order valence-electron chi connectivity index (χ0n) is 16.5. The molecule has 0 N–H and O–H groups in total. The van der Waals surface area contributed by atoms with E-state index >= 15 is 0 Å². The highest BCUT2D eigenvalue weighted by Crippen LogP contribution is 2.36. The lowest BCUT2D eigenvalue weighted by Crippen LogP contribution is -2.19. The topological polar surface area (TPSA) is 74.7 Å². The van der Waals surface area contributed by atoms with Crippen molar-refractivity contribution in [2.45, 2.75) is 33.8 Å². The van der Waals surface area contributed by atoms with E-state index in [1.54, 1.807) is 38.1 Å². The Bertz CT molecular complexity index is 866. The molecular formula is C21H24ClNO5. The predicted molar refractivity (Wildman–Crippen MR) is 107 cm³/mol. The first-order valence-electron chi connectivity index (χ1n) is 9.07. The minimum atomic E-state index is -0.605. The minimum Gasteiger partial charge on any atom is -0.465 e. The summed E-state index contributed by atoms with van der Waals surface area (Å²) in [5.74, 6) is -1.20. The standard InChI is InChI=1S/C21H24ClNO5/c1-5-11-27-12-16-19(21(25)28-6-2)18(14-9-7-8-10-15(14)22)17(13(3)23-16)20(24)26-4/h7-10H,5-6,11-12H2,1-4H3. The van der Waals surface area contributed by atoms with Crippen LogP contribution in [-0.4, -0.2) is 37.2 Å². The third-order valence-electron chi connectivity index (χ3n) is 4.05. The second-order valence-corrected chi connectivity index (χ2v) is 6.42. The zero-order valence-corrected chi connectivity index (χ0v) is 17.3. The van der Waals surface area contributed by atoms with Crippen LogP contribution in [0.4, 0.5) is 0 Å². The molecule has 1 aromatic carbocycles. The molecule has 0 unspecified atom stereocenters. The van der Waals surface area contributed by atoms with E-state index in [4.69, 9.17) is 25.8 Å². The smallest absolute Gasteiger partial charge is 0.340 e. The van der Waals surface area contributed by atoms with E-state index in [2.05, 4.69) is 4.98 Å². The van der Waals surface area contributed by atoms with Gasteiger partial charge in [0.15, 0.2) is 0 Å². The van der Waals surface area contributed by atoms with Gasteiger partial charge >= 0.3 is 11.9 Å². The molecule has 0 aliphatic heterocycles. The van der Waals surface area contributed by atoms with Gasteiger partial charge in [0.1, 0.15) is 0 Å². The zero-order chi connectivity index (χ0) is 20.7. The van der Waals surface area contributed by atoms with Crippen molar-refractivity contribution in [3.8, 4) is 11.1 Å². The van der Waals surface area contributed by atoms with E-state index in [1.807, 2.05) is 6.92 Å².